The summed E-state index contributed by atoms with van der Waals surface area (Å²) in [5.74, 6) is 0.291. The molecule has 0 radical (unpaired) electrons. The molecule has 3 heterocycles. The van der Waals surface area contributed by atoms with Crippen LogP contribution in [0.4, 0.5) is 0 Å². The van der Waals surface area contributed by atoms with E-state index in [2.05, 4.69) is 25.7 Å². The molecule has 2 bridgehead atoms. The van der Waals surface area contributed by atoms with Crippen molar-refractivity contribution in [3.05, 3.63) is 51.4 Å². The van der Waals surface area contributed by atoms with Crippen LogP contribution in [-0.4, -0.2) is 48.4 Å². The van der Waals surface area contributed by atoms with Crippen LogP contribution < -0.4 is 14.9 Å². The Morgan fingerprint density at radius 2 is 1.85 bits per heavy atom. The number of benzene rings is 2. The highest BCUT2D eigenvalue weighted by Gasteiger charge is 2.49. The lowest BCUT2D eigenvalue weighted by Gasteiger charge is -2.40. The summed E-state index contributed by atoms with van der Waals surface area (Å²) in [6.45, 7) is 13.0. The third-order valence-electron chi connectivity index (χ3n) is 8.89. The number of phenolic OH excluding ortho intramolecular Hbond substituents is 1. The summed E-state index contributed by atoms with van der Waals surface area (Å²) in [6, 6.07) is 7.23. The van der Waals surface area contributed by atoms with Crippen molar-refractivity contribution in [1.82, 2.24) is 4.90 Å². The highest BCUT2D eigenvalue weighted by atomic mass is 16.6. The van der Waals surface area contributed by atoms with Gasteiger partial charge in [-0.05, 0) is 72.8 Å². The fourth-order valence-electron chi connectivity index (χ4n) is 7.63. The normalized spacial score (nSPS) is 23.1. The van der Waals surface area contributed by atoms with Gasteiger partial charge in [0.15, 0.2) is 11.5 Å². The minimum atomic E-state index is -0.729. The highest BCUT2D eigenvalue weighted by Crippen LogP contribution is 2.53. The summed E-state index contributed by atoms with van der Waals surface area (Å²) < 4.78 is 23.1. The number of hydrogen-bond donors (Lipinski definition) is 1. The van der Waals surface area contributed by atoms with Gasteiger partial charge in [0, 0.05) is 19.1 Å². The van der Waals surface area contributed by atoms with E-state index in [9.17, 15) is 14.7 Å². The molecule has 6 rings (SSSR count). The van der Waals surface area contributed by atoms with Crippen molar-refractivity contribution in [2.75, 3.05) is 26.4 Å². The molecule has 218 valence electrons. The molecule has 8 heteroatoms. The number of carbonyl (C=O) groups excluding carboxylic acids is 1. The molecular formula is C33H39NO7. The van der Waals surface area contributed by atoms with Crippen LogP contribution >= 0.6 is 0 Å². The van der Waals surface area contributed by atoms with E-state index in [-0.39, 0.29) is 45.5 Å². The summed E-state index contributed by atoms with van der Waals surface area (Å²) >= 11 is 0. The quantitative estimate of drug-likeness (QED) is 0.362. The Balaban J connectivity index is 1.54. The summed E-state index contributed by atoms with van der Waals surface area (Å²) in [5.41, 5.74) is 2.12. The van der Waals surface area contributed by atoms with E-state index in [1.165, 1.54) is 0 Å². The Morgan fingerprint density at radius 1 is 1.10 bits per heavy atom. The molecule has 2 fully saturated rings. The van der Waals surface area contributed by atoms with Crippen LogP contribution in [0.15, 0.2) is 33.5 Å². The van der Waals surface area contributed by atoms with E-state index in [1.807, 2.05) is 6.92 Å². The fraction of sp³-hybridized carbons (Fsp3) is 0.515. The smallest absolute Gasteiger partial charge is 0.375 e. The van der Waals surface area contributed by atoms with E-state index >= 15 is 0 Å². The molecule has 3 aromatic rings. The molecule has 2 aromatic carbocycles. The Hall–Kier alpha value is -3.52. The van der Waals surface area contributed by atoms with Crippen molar-refractivity contribution in [1.29, 1.82) is 0 Å². The first kappa shape index (κ1) is 27.6. The minimum Gasteiger partial charge on any atom is -0.507 e. The molecule has 41 heavy (non-hydrogen) atoms. The van der Waals surface area contributed by atoms with Gasteiger partial charge in [-0.2, -0.15) is 0 Å². The first-order valence-corrected chi connectivity index (χ1v) is 14.7. The number of aryl methyl sites for hydroxylation is 1. The van der Waals surface area contributed by atoms with Crippen molar-refractivity contribution in [3.63, 3.8) is 0 Å². The van der Waals surface area contributed by atoms with Gasteiger partial charge in [0.1, 0.15) is 24.5 Å². The van der Waals surface area contributed by atoms with Crippen LogP contribution in [0.25, 0.3) is 22.1 Å². The third kappa shape index (κ3) is 4.86. The molecule has 1 aromatic heterocycles. The number of esters is 1. The van der Waals surface area contributed by atoms with E-state index in [0.29, 0.717) is 65.8 Å². The number of ether oxygens (including phenoxy) is 3. The molecule has 8 nitrogen and oxygen atoms in total. The maximum absolute atomic E-state index is 14.3. The number of fused-ring (bicyclic) bond motifs is 4. The Morgan fingerprint density at radius 3 is 2.59 bits per heavy atom. The summed E-state index contributed by atoms with van der Waals surface area (Å²) in [7, 11) is 0. The van der Waals surface area contributed by atoms with Crippen molar-refractivity contribution in [2.24, 2.45) is 10.8 Å². The number of aromatic hydroxyl groups is 1. The number of carbonyl (C=O) groups is 1. The lowest BCUT2D eigenvalue weighted by atomic mass is 9.65. The zero-order chi connectivity index (χ0) is 29.1. The van der Waals surface area contributed by atoms with Crippen LogP contribution in [0.2, 0.25) is 0 Å². The average Bonchev–Trinajstić information content (AvgIpc) is 3.17. The molecule has 1 saturated heterocycles. The minimum absolute atomic E-state index is 0.109. The van der Waals surface area contributed by atoms with Crippen LogP contribution in [0, 0.1) is 10.8 Å². The number of phenols is 1. The monoisotopic (exact) mass is 561 g/mol. The average molecular weight is 562 g/mol. The van der Waals surface area contributed by atoms with Crippen molar-refractivity contribution < 1.29 is 28.5 Å². The number of likely N-dealkylation sites (tertiary alicyclic amines) is 1. The summed E-state index contributed by atoms with van der Waals surface area (Å²) in [5, 5.41) is 11.8. The van der Waals surface area contributed by atoms with E-state index in [1.54, 1.807) is 31.2 Å². The van der Waals surface area contributed by atoms with Gasteiger partial charge in [0.2, 0.25) is 11.2 Å². The van der Waals surface area contributed by atoms with Crippen LogP contribution in [0.1, 0.15) is 75.6 Å². The van der Waals surface area contributed by atoms with Gasteiger partial charge in [0.05, 0.1) is 23.1 Å². The van der Waals surface area contributed by atoms with Gasteiger partial charge in [0.25, 0.3) is 0 Å². The number of rotatable bonds is 6. The summed E-state index contributed by atoms with van der Waals surface area (Å²) in [4.78, 5) is 30.0. The Kier molecular flexibility index (Phi) is 6.80. The lowest BCUT2D eigenvalue weighted by molar-refractivity contribution is 0.0491. The molecule has 1 N–H and O–H groups in total. The maximum Gasteiger partial charge on any atom is 0.375 e. The topological polar surface area (TPSA) is 98.4 Å². The molecule has 1 saturated carbocycles. The lowest BCUT2D eigenvalue weighted by Crippen LogP contribution is -2.34. The van der Waals surface area contributed by atoms with Crippen molar-refractivity contribution in [2.45, 2.75) is 72.9 Å². The van der Waals surface area contributed by atoms with E-state index < -0.39 is 5.97 Å². The molecule has 1 aliphatic carbocycles. The second kappa shape index (κ2) is 10.1. The summed E-state index contributed by atoms with van der Waals surface area (Å²) in [6.07, 6.45) is 3.87. The largest absolute Gasteiger partial charge is 0.507 e. The second-order valence-electron chi connectivity index (χ2n) is 12.9. The first-order chi connectivity index (χ1) is 19.5. The molecule has 3 aliphatic rings. The van der Waals surface area contributed by atoms with Gasteiger partial charge in [-0.1, -0.05) is 33.8 Å². The highest BCUT2D eigenvalue weighted by molar-refractivity contribution is 5.99. The maximum atomic E-state index is 14.3. The molecule has 2 aliphatic heterocycles. The van der Waals surface area contributed by atoms with Gasteiger partial charge in [-0.15, -0.1) is 0 Å². The molecule has 0 spiro atoms. The van der Waals surface area contributed by atoms with Gasteiger partial charge in [-0.3, -0.25) is 9.69 Å². The molecule has 0 amide bonds. The number of hydrogen-bond acceptors (Lipinski definition) is 8. The zero-order valence-corrected chi connectivity index (χ0v) is 24.6. The SMILES string of the molecule is CCOC(=O)c1oc2c(CN3C[C@]4(C)C[C@@H]3CC(C)(C)C4)c(O)c(CC)cc2c(=O)c1-c1ccc2c(c1)OCCO2. The predicted octanol–water partition coefficient (Wildman–Crippen LogP) is 6.08. The predicted molar refractivity (Wildman–Crippen MR) is 156 cm³/mol. The third-order valence-corrected chi connectivity index (χ3v) is 8.89. The molecule has 2 atom stereocenters. The van der Waals surface area contributed by atoms with Crippen molar-refractivity contribution in [3.8, 4) is 28.4 Å². The van der Waals surface area contributed by atoms with Gasteiger partial charge < -0.3 is 23.7 Å². The number of nitrogens with zero attached hydrogens (tertiary/aromatic N) is 1. The zero-order valence-electron chi connectivity index (χ0n) is 24.6. The van der Waals surface area contributed by atoms with E-state index in [0.717, 1.165) is 25.8 Å². The van der Waals surface area contributed by atoms with Crippen LogP contribution in [0.3, 0.4) is 0 Å². The van der Waals surface area contributed by atoms with Crippen molar-refractivity contribution >= 4 is 16.9 Å². The van der Waals surface area contributed by atoms with E-state index in [4.69, 9.17) is 18.6 Å². The Labute approximate surface area is 240 Å². The van der Waals surface area contributed by atoms with Crippen LogP contribution in [-0.2, 0) is 17.7 Å². The Bertz CT molecular complexity index is 1590. The standard InChI is InChI=1S/C33H39NO7/c1-6-19-12-22-28(36)26(20-8-9-24-25(13-20)40-11-10-39-24)30(31(37)38-7-2)41-29(22)23(27(19)35)16-34-18-33(5)15-21(34)14-32(3,4)17-33/h8-9,12-13,21,35H,6-7,10-11,14-18H2,1-5H3/t21-,33+/m0/s1. The molecular weight excluding hydrogens is 522 g/mol. The van der Waals surface area contributed by atoms with Gasteiger partial charge in [-0.25, -0.2) is 4.79 Å². The molecule has 0 unspecified atom stereocenters. The van der Waals surface area contributed by atoms with Crippen LogP contribution in [0.5, 0.6) is 17.2 Å². The second-order valence-corrected chi connectivity index (χ2v) is 12.9. The fourth-order valence-corrected chi connectivity index (χ4v) is 7.63. The van der Waals surface area contributed by atoms with Gasteiger partial charge >= 0.3 is 5.97 Å². The first-order valence-electron chi connectivity index (χ1n) is 14.7.